The molecule has 0 aliphatic carbocycles. The maximum Gasteiger partial charge on any atom is 0.199 e. The van der Waals surface area contributed by atoms with E-state index in [1.54, 1.807) is 44.2 Å². The number of nitrogen functional groups attached to an aromatic ring is 1. The van der Waals surface area contributed by atoms with Gasteiger partial charge in [-0.15, -0.1) is 0 Å². The Balaban J connectivity index is 2.61. The topological polar surface area (TPSA) is 63.3 Å². The molecule has 0 aliphatic heterocycles. The summed E-state index contributed by atoms with van der Waals surface area (Å²) in [5.41, 5.74) is 8.38. The minimum absolute atomic E-state index is 0.0308. The number of benzene rings is 2. The van der Waals surface area contributed by atoms with Gasteiger partial charge < -0.3 is 10.8 Å². The highest BCUT2D eigenvalue weighted by Gasteiger charge is 2.19. The van der Waals surface area contributed by atoms with Gasteiger partial charge in [0, 0.05) is 11.3 Å². The number of hydrogen-bond donors (Lipinski definition) is 2. The second kappa shape index (κ2) is 4.53. The first-order valence-corrected chi connectivity index (χ1v) is 5.70. The van der Waals surface area contributed by atoms with Gasteiger partial charge in [0.25, 0.3) is 0 Å². The van der Waals surface area contributed by atoms with Gasteiger partial charge in [-0.2, -0.15) is 0 Å². The number of carbonyl (C=O) groups is 1. The molecule has 0 saturated heterocycles. The van der Waals surface area contributed by atoms with Crippen molar-refractivity contribution in [3.8, 4) is 5.75 Å². The van der Waals surface area contributed by atoms with Crippen molar-refractivity contribution in [2.45, 2.75) is 13.8 Å². The molecule has 2 aromatic carbocycles. The summed E-state index contributed by atoms with van der Waals surface area (Å²) in [6.07, 6.45) is 0. The predicted octanol–water partition coefficient (Wildman–Crippen LogP) is 2.82. The van der Waals surface area contributed by atoms with Gasteiger partial charge in [0.2, 0.25) is 0 Å². The third-order valence-electron chi connectivity index (χ3n) is 3.02. The van der Waals surface area contributed by atoms with Crippen LogP contribution in [0.25, 0.3) is 0 Å². The maximum absolute atomic E-state index is 12.4. The zero-order valence-electron chi connectivity index (χ0n) is 10.4. The van der Waals surface area contributed by atoms with Crippen LogP contribution in [0.5, 0.6) is 5.75 Å². The molecule has 0 fully saturated rings. The minimum atomic E-state index is -0.244. The average molecular weight is 241 g/mol. The fraction of sp³-hybridized carbons (Fsp3) is 0.133. The molecule has 0 heterocycles. The smallest absolute Gasteiger partial charge is 0.199 e. The Morgan fingerprint density at radius 1 is 1.06 bits per heavy atom. The number of rotatable bonds is 2. The van der Waals surface area contributed by atoms with Crippen LogP contribution >= 0.6 is 0 Å². The van der Waals surface area contributed by atoms with Crippen LogP contribution in [0.3, 0.4) is 0 Å². The first kappa shape index (κ1) is 12.2. The molecular weight excluding hydrogens is 226 g/mol. The highest BCUT2D eigenvalue weighted by Crippen LogP contribution is 2.28. The summed E-state index contributed by atoms with van der Waals surface area (Å²) in [5.74, 6) is -0.213. The van der Waals surface area contributed by atoms with Crippen molar-refractivity contribution in [1.29, 1.82) is 0 Å². The van der Waals surface area contributed by atoms with Gasteiger partial charge in [-0.05, 0) is 37.1 Å². The van der Waals surface area contributed by atoms with E-state index in [9.17, 15) is 9.90 Å². The zero-order chi connectivity index (χ0) is 13.3. The van der Waals surface area contributed by atoms with E-state index in [-0.39, 0.29) is 11.5 Å². The molecule has 3 N–H and O–H groups in total. The lowest BCUT2D eigenvalue weighted by Gasteiger charge is -2.11. The van der Waals surface area contributed by atoms with E-state index in [4.69, 9.17) is 5.73 Å². The lowest BCUT2D eigenvalue weighted by Crippen LogP contribution is -2.07. The van der Waals surface area contributed by atoms with Crippen LogP contribution in [-0.4, -0.2) is 10.9 Å². The average Bonchev–Trinajstić information content (AvgIpc) is 2.35. The molecule has 92 valence electrons. The molecule has 2 rings (SSSR count). The van der Waals surface area contributed by atoms with Crippen LogP contribution in [0, 0.1) is 13.8 Å². The summed E-state index contributed by atoms with van der Waals surface area (Å²) >= 11 is 0. The summed E-state index contributed by atoms with van der Waals surface area (Å²) in [5, 5.41) is 10.0. The summed E-state index contributed by atoms with van der Waals surface area (Å²) in [6, 6.07) is 10.5. The highest BCUT2D eigenvalue weighted by molar-refractivity contribution is 6.14. The molecule has 0 radical (unpaired) electrons. The number of para-hydroxylation sites is 1. The van der Waals surface area contributed by atoms with E-state index in [0.29, 0.717) is 22.4 Å². The van der Waals surface area contributed by atoms with Crippen LogP contribution in [0.1, 0.15) is 27.0 Å². The van der Waals surface area contributed by atoms with E-state index in [2.05, 4.69) is 0 Å². The molecular formula is C15H15NO2. The second-order valence-electron chi connectivity index (χ2n) is 4.34. The minimum Gasteiger partial charge on any atom is -0.507 e. The van der Waals surface area contributed by atoms with Crippen molar-refractivity contribution in [3.63, 3.8) is 0 Å². The summed E-state index contributed by atoms with van der Waals surface area (Å²) < 4.78 is 0. The molecule has 0 spiro atoms. The normalized spacial score (nSPS) is 10.3. The van der Waals surface area contributed by atoms with Crippen molar-refractivity contribution >= 4 is 11.5 Å². The van der Waals surface area contributed by atoms with E-state index in [1.807, 2.05) is 6.07 Å². The quantitative estimate of drug-likeness (QED) is 0.627. The van der Waals surface area contributed by atoms with Gasteiger partial charge in [0.15, 0.2) is 5.78 Å². The van der Waals surface area contributed by atoms with Gasteiger partial charge in [0.1, 0.15) is 5.75 Å². The van der Waals surface area contributed by atoms with E-state index in [1.165, 1.54) is 0 Å². The van der Waals surface area contributed by atoms with Crippen molar-refractivity contribution in [2.24, 2.45) is 0 Å². The van der Waals surface area contributed by atoms with Crippen LogP contribution in [0.15, 0.2) is 36.4 Å². The van der Waals surface area contributed by atoms with Crippen molar-refractivity contribution in [2.75, 3.05) is 5.73 Å². The number of hydrogen-bond acceptors (Lipinski definition) is 3. The Hall–Kier alpha value is -2.29. The van der Waals surface area contributed by atoms with Crippen molar-refractivity contribution in [1.82, 2.24) is 0 Å². The standard InChI is InChI=1S/C15H15NO2/c1-9-7-8-10(2)14(17)13(9)15(18)11-5-3-4-6-12(11)16/h3-8,17H,16H2,1-2H3. The van der Waals surface area contributed by atoms with Gasteiger partial charge in [-0.1, -0.05) is 24.3 Å². The molecule has 2 aromatic rings. The lowest BCUT2D eigenvalue weighted by atomic mass is 9.95. The number of aryl methyl sites for hydroxylation is 2. The molecule has 0 saturated carbocycles. The SMILES string of the molecule is Cc1ccc(C)c(C(=O)c2ccccc2N)c1O. The molecule has 18 heavy (non-hydrogen) atoms. The Labute approximate surface area is 106 Å². The molecule has 0 amide bonds. The summed E-state index contributed by atoms with van der Waals surface area (Å²) in [7, 11) is 0. The van der Waals surface area contributed by atoms with E-state index in [0.717, 1.165) is 5.56 Å². The van der Waals surface area contributed by atoms with Gasteiger partial charge in [0.05, 0.1) is 5.56 Å². The van der Waals surface area contributed by atoms with Crippen LogP contribution < -0.4 is 5.73 Å². The van der Waals surface area contributed by atoms with Gasteiger partial charge >= 0.3 is 0 Å². The van der Waals surface area contributed by atoms with Crippen LogP contribution in [0.4, 0.5) is 5.69 Å². The first-order chi connectivity index (χ1) is 8.52. The van der Waals surface area contributed by atoms with Gasteiger partial charge in [-0.3, -0.25) is 4.79 Å². The predicted molar refractivity (Wildman–Crippen MR) is 71.9 cm³/mol. The molecule has 0 aromatic heterocycles. The number of nitrogens with two attached hydrogens (primary N) is 1. The van der Waals surface area contributed by atoms with Crippen LogP contribution in [0.2, 0.25) is 0 Å². The first-order valence-electron chi connectivity index (χ1n) is 5.70. The fourth-order valence-corrected chi connectivity index (χ4v) is 1.92. The highest BCUT2D eigenvalue weighted by atomic mass is 16.3. The third kappa shape index (κ3) is 1.95. The summed E-state index contributed by atoms with van der Waals surface area (Å²) in [4.78, 5) is 12.4. The molecule has 0 unspecified atom stereocenters. The number of anilines is 1. The maximum atomic E-state index is 12.4. The second-order valence-corrected chi connectivity index (χ2v) is 4.34. The molecule has 3 nitrogen and oxygen atoms in total. The molecule has 3 heteroatoms. The number of aromatic hydroxyl groups is 1. The fourth-order valence-electron chi connectivity index (χ4n) is 1.92. The number of phenolic OH excluding ortho intramolecular Hbond substituents is 1. The molecule has 0 aliphatic rings. The van der Waals surface area contributed by atoms with E-state index >= 15 is 0 Å². The van der Waals surface area contributed by atoms with Crippen LogP contribution in [-0.2, 0) is 0 Å². The Bertz CT molecular complexity index is 618. The lowest BCUT2D eigenvalue weighted by molar-refractivity contribution is 0.103. The summed E-state index contributed by atoms with van der Waals surface area (Å²) in [6.45, 7) is 3.56. The number of ketones is 1. The largest absolute Gasteiger partial charge is 0.507 e. The number of phenols is 1. The monoisotopic (exact) mass is 241 g/mol. The number of carbonyl (C=O) groups excluding carboxylic acids is 1. The Morgan fingerprint density at radius 3 is 2.33 bits per heavy atom. The van der Waals surface area contributed by atoms with E-state index < -0.39 is 0 Å². The third-order valence-corrected chi connectivity index (χ3v) is 3.02. The zero-order valence-corrected chi connectivity index (χ0v) is 10.4. The Kier molecular flexibility index (Phi) is 3.06. The molecule has 0 atom stereocenters. The van der Waals surface area contributed by atoms with Crippen molar-refractivity contribution < 1.29 is 9.90 Å². The molecule has 0 bridgehead atoms. The van der Waals surface area contributed by atoms with Crippen molar-refractivity contribution in [3.05, 3.63) is 58.7 Å². The van der Waals surface area contributed by atoms with Gasteiger partial charge in [-0.25, -0.2) is 0 Å². The Morgan fingerprint density at radius 2 is 1.67 bits per heavy atom.